The number of ether oxygens (including phenoxy) is 2. The summed E-state index contributed by atoms with van der Waals surface area (Å²) in [6.07, 6.45) is -4.37. The number of hydrogen-bond acceptors (Lipinski definition) is 6. The number of benzene rings is 2. The van der Waals surface area contributed by atoms with Crippen LogP contribution in [0.15, 0.2) is 36.4 Å². The van der Waals surface area contributed by atoms with Crippen molar-refractivity contribution in [1.82, 2.24) is 9.80 Å². The number of carbonyl (C=O) groups is 1. The molecule has 2 aromatic carbocycles. The van der Waals surface area contributed by atoms with E-state index < -0.39 is 22.6 Å². The van der Waals surface area contributed by atoms with E-state index in [0.717, 1.165) is 17.7 Å². The Hall–Kier alpha value is -3.34. The van der Waals surface area contributed by atoms with Crippen molar-refractivity contribution >= 4 is 11.6 Å². The standard InChI is InChI=1S/C21H20F3N3O5/c22-21(23,24)15-3-1-14(2-4-15)13-25-5-7-26(8-6-25)20(28)16-11-18-19(32-10-9-31-18)12-17(16)27(29)30/h1-4,11-12H,5-10,13H2. The minimum absolute atomic E-state index is 0.0598. The molecule has 32 heavy (non-hydrogen) atoms. The molecule has 1 fully saturated rings. The minimum Gasteiger partial charge on any atom is -0.486 e. The summed E-state index contributed by atoms with van der Waals surface area (Å²) in [5.41, 5.74) is -0.361. The second kappa shape index (κ2) is 8.65. The van der Waals surface area contributed by atoms with Crippen LogP contribution < -0.4 is 9.47 Å². The predicted molar refractivity (Wildman–Crippen MR) is 107 cm³/mol. The molecule has 0 spiro atoms. The molecule has 0 atom stereocenters. The number of halogens is 3. The summed E-state index contributed by atoms with van der Waals surface area (Å²) >= 11 is 0. The highest BCUT2D eigenvalue weighted by molar-refractivity contribution is 5.99. The zero-order valence-electron chi connectivity index (χ0n) is 16.9. The third kappa shape index (κ3) is 4.62. The molecule has 8 nitrogen and oxygen atoms in total. The Morgan fingerprint density at radius 3 is 2.16 bits per heavy atom. The molecule has 170 valence electrons. The van der Waals surface area contributed by atoms with Gasteiger partial charge >= 0.3 is 6.18 Å². The van der Waals surface area contributed by atoms with E-state index in [0.29, 0.717) is 45.1 Å². The van der Waals surface area contributed by atoms with E-state index in [2.05, 4.69) is 0 Å². The molecule has 2 heterocycles. The number of nitro groups is 1. The van der Waals surface area contributed by atoms with Gasteiger partial charge < -0.3 is 14.4 Å². The van der Waals surface area contributed by atoms with Crippen molar-refractivity contribution in [2.24, 2.45) is 0 Å². The second-order valence-corrected chi connectivity index (χ2v) is 7.53. The van der Waals surface area contributed by atoms with E-state index in [1.165, 1.54) is 29.2 Å². The van der Waals surface area contributed by atoms with Gasteiger partial charge in [-0.3, -0.25) is 19.8 Å². The Morgan fingerprint density at radius 2 is 1.59 bits per heavy atom. The summed E-state index contributed by atoms with van der Waals surface area (Å²) in [6, 6.07) is 7.55. The molecule has 0 saturated carbocycles. The lowest BCUT2D eigenvalue weighted by molar-refractivity contribution is -0.385. The largest absolute Gasteiger partial charge is 0.486 e. The maximum absolute atomic E-state index is 13.0. The topological polar surface area (TPSA) is 85.1 Å². The monoisotopic (exact) mass is 451 g/mol. The number of carbonyl (C=O) groups excluding carboxylic acids is 1. The Kier molecular flexibility index (Phi) is 5.92. The third-order valence-corrected chi connectivity index (χ3v) is 5.43. The van der Waals surface area contributed by atoms with Crippen molar-refractivity contribution in [3.05, 3.63) is 63.2 Å². The summed E-state index contributed by atoms with van der Waals surface area (Å²) in [5, 5.41) is 11.5. The van der Waals surface area contributed by atoms with Gasteiger partial charge in [-0.15, -0.1) is 0 Å². The summed E-state index contributed by atoms with van der Waals surface area (Å²) in [5.74, 6) is 0.0647. The van der Waals surface area contributed by atoms with Crippen LogP contribution in [0.4, 0.5) is 18.9 Å². The first-order valence-electron chi connectivity index (χ1n) is 9.98. The number of fused-ring (bicyclic) bond motifs is 1. The molecule has 1 saturated heterocycles. The normalized spacial score (nSPS) is 16.7. The molecule has 0 N–H and O–H groups in total. The van der Waals surface area contributed by atoms with Crippen LogP contribution in [0.1, 0.15) is 21.5 Å². The highest BCUT2D eigenvalue weighted by Crippen LogP contribution is 2.37. The first-order chi connectivity index (χ1) is 15.2. The SMILES string of the molecule is O=C(c1cc2c(cc1[N+](=O)[O-])OCCO2)N1CCN(Cc2ccc(C(F)(F)F)cc2)CC1. The van der Waals surface area contributed by atoms with Crippen molar-refractivity contribution < 1.29 is 32.4 Å². The zero-order valence-corrected chi connectivity index (χ0v) is 16.9. The first-order valence-corrected chi connectivity index (χ1v) is 9.98. The van der Waals surface area contributed by atoms with Gasteiger partial charge in [-0.1, -0.05) is 12.1 Å². The van der Waals surface area contributed by atoms with Crippen LogP contribution in [0, 0.1) is 10.1 Å². The first kappa shape index (κ1) is 21.9. The maximum atomic E-state index is 13.0. The molecule has 0 aromatic heterocycles. The highest BCUT2D eigenvalue weighted by atomic mass is 19.4. The number of rotatable bonds is 4. The average Bonchev–Trinajstić information content (AvgIpc) is 2.78. The molecule has 2 aliphatic rings. The third-order valence-electron chi connectivity index (χ3n) is 5.43. The van der Waals surface area contributed by atoms with Crippen LogP contribution >= 0.6 is 0 Å². The molecule has 2 aliphatic heterocycles. The maximum Gasteiger partial charge on any atom is 0.416 e. The number of nitrogens with zero attached hydrogens (tertiary/aromatic N) is 3. The average molecular weight is 451 g/mol. The molecule has 0 aliphatic carbocycles. The Morgan fingerprint density at radius 1 is 1.00 bits per heavy atom. The highest BCUT2D eigenvalue weighted by Gasteiger charge is 2.32. The zero-order chi connectivity index (χ0) is 22.9. The van der Waals surface area contributed by atoms with E-state index in [-0.39, 0.29) is 23.6 Å². The number of piperazine rings is 1. The fourth-order valence-electron chi connectivity index (χ4n) is 3.74. The van der Waals surface area contributed by atoms with Crippen LogP contribution in [-0.2, 0) is 12.7 Å². The van der Waals surface area contributed by atoms with Gasteiger partial charge in [0, 0.05) is 38.8 Å². The Bertz CT molecular complexity index is 1020. The molecule has 0 unspecified atom stereocenters. The molecule has 4 rings (SSSR count). The Balaban J connectivity index is 1.41. The van der Waals surface area contributed by atoms with E-state index in [9.17, 15) is 28.1 Å². The fraction of sp³-hybridized carbons (Fsp3) is 0.381. The van der Waals surface area contributed by atoms with Crippen molar-refractivity contribution in [2.75, 3.05) is 39.4 Å². The number of nitro benzene ring substituents is 1. The van der Waals surface area contributed by atoms with E-state index in [4.69, 9.17) is 9.47 Å². The van der Waals surface area contributed by atoms with Crippen molar-refractivity contribution in [3.63, 3.8) is 0 Å². The van der Waals surface area contributed by atoms with E-state index >= 15 is 0 Å². The summed E-state index contributed by atoms with van der Waals surface area (Å²) in [4.78, 5) is 27.4. The van der Waals surface area contributed by atoms with E-state index in [1.54, 1.807) is 0 Å². The predicted octanol–water partition coefficient (Wildman–Crippen LogP) is 3.34. The van der Waals surface area contributed by atoms with Gasteiger partial charge in [-0.25, -0.2) is 0 Å². The lowest BCUT2D eigenvalue weighted by Crippen LogP contribution is -2.48. The number of hydrogen-bond donors (Lipinski definition) is 0. The van der Waals surface area contributed by atoms with Gasteiger partial charge in [0.15, 0.2) is 11.5 Å². The minimum atomic E-state index is -4.37. The van der Waals surface area contributed by atoms with Crippen LogP contribution in [0.3, 0.4) is 0 Å². The van der Waals surface area contributed by atoms with Crippen molar-refractivity contribution in [3.8, 4) is 11.5 Å². The number of amides is 1. The van der Waals surface area contributed by atoms with E-state index in [1.807, 2.05) is 4.90 Å². The van der Waals surface area contributed by atoms with Gasteiger partial charge in [0.2, 0.25) is 0 Å². The molecule has 0 bridgehead atoms. The second-order valence-electron chi connectivity index (χ2n) is 7.53. The molecule has 1 amide bonds. The molecule has 0 radical (unpaired) electrons. The van der Waals surface area contributed by atoms with Gasteiger partial charge in [0.25, 0.3) is 11.6 Å². The lowest BCUT2D eigenvalue weighted by Gasteiger charge is -2.34. The Labute approximate surface area is 181 Å². The quantitative estimate of drug-likeness (QED) is 0.524. The van der Waals surface area contributed by atoms with Gasteiger partial charge in [0.05, 0.1) is 16.6 Å². The summed E-state index contributed by atoms with van der Waals surface area (Å²) < 4.78 is 48.9. The number of alkyl halides is 3. The van der Waals surface area contributed by atoms with Crippen LogP contribution in [0.5, 0.6) is 11.5 Å². The molecule has 2 aromatic rings. The summed E-state index contributed by atoms with van der Waals surface area (Å²) in [7, 11) is 0. The van der Waals surface area contributed by atoms with Crippen LogP contribution in [-0.4, -0.2) is 60.0 Å². The van der Waals surface area contributed by atoms with Crippen molar-refractivity contribution in [2.45, 2.75) is 12.7 Å². The molecule has 11 heteroatoms. The van der Waals surface area contributed by atoms with Gasteiger partial charge in [0.1, 0.15) is 18.8 Å². The summed E-state index contributed by atoms with van der Waals surface area (Å²) in [6.45, 7) is 2.68. The fourth-order valence-corrected chi connectivity index (χ4v) is 3.74. The molecular formula is C21H20F3N3O5. The smallest absolute Gasteiger partial charge is 0.416 e. The lowest BCUT2D eigenvalue weighted by atomic mass is 10.1. The van der Waals surface area contributed by atoms with Crippen LogP contribution in [0.25, 0.3) is 0 Å². The molecular weight excluding hydrogens is 431 g/mol. The van der Waals surface area contributed by atoms with Crippen LogP contribution in [0.2, 0.25) is 0 Å². The van der Waals surface area contributed by atoms with Crippen molar-refractivity contribution in [1.29, 1.82) is 0 Å². The van der Waals surface area contributed by atoms with Gasteiger partial charge in [-0.2, -0.15) is 13.2 Å². The van der Waals surface area contributed by atoms with Gasteiger partial charge in [-0.05, 0) is 17.7 Å².